The van der Waals surface area contributed by atoms with Crippen LogP contribution in [0.25, 0.3) is 11.4 Å². The number of aromatic nitrogens is 3. The van der Waals surface area contributed by atoms with Gasteiger partial charge in [-0.1, -0.05) is 41.6 Å². The molecule has 0 radical (unpaired) electrons. The predicted molar refractivity (Wildman–Crippen MR) is 92.6 cm³/mol. The van der Waals surface area contributed by atoms with Gasteiger partial charge in [-0.25, -0.2) is 4.98 Å². The fourth-order valence-electron chi connectivity index (χ4n) is 1.90. The van der Waals surface area contributed by atoms with Crippen LogP contribution in [0.4, 0.5) is 5.69 Å². The molecule has 0 bridgehead atoms. The number of amides is 1. The van der Waals surface area contributed by atoms with Gasteiger partial charge in [0.15, 0.2) is 5.82 Å². The predicted octanol–water partition coefficient (Wildman–Crippen LogP) is 3.86. The number of nitrogens with one attached hydrogen (secondary N) is 2. The highest BCUT2D eigenvalue weighted by Crippen LogP contribution is 2.21. The number of benzene rings is 2. The van der Waals surface area contributed by atoms with E-state index in [1.165, 1.54) is 11.8 Å². The van der Waals surface area contributed by atoms with Gasteiger partial charge in [-0.3, -0.25) is 9.89 Å². The highest BCUT2D eigenvalue weighted by atomic mass is 35.5. The van der Waals surface area contributed by atoms with E-state index in [1.807, 2.05) is 42.5 Å². The van der Waals surface area contributed by atoms with E-state index in [1.54, 1.807) is 12.1 Å². The van der Waals surface area contributed by atoms with E-state index in [0.29, 0.717) is 16.0 Å². The van der Waals surface area contributed by atoms with Gasteiger partial charge < -0.3 is 5.32 Å². The number of carbonyl (C=O) groups excluding carboxylic acids is 1. The average molecular weight is 345 g/mol. The first-order valence-corrected chi connectivity index (χ1v) is 8.23. The van der Waals surface area contributed by atoms with Crippen LogP contribution in [0.2, 0.25) is 5.02 Å². The van der Waals surface area contributed by atoms with Crippen molar-refractivity contribution in [1.29, 1.82) is 0 Å². The van der Waals surface area contributed by atoms with E-state index in [4.69, 9.17) is 11.6 Å². The second-order valence-electron chi connectivity index (χ2n) is 4.68. The van der Waals surface area contributed by atoms with E-state index >= 15 is 0 Å². The maximum atomic E-state index is 11.9. The molecule has 0 aliphatic heterocycles. The summed E-state index contributed by atoms with van der Waals surface area (Å²) in [5, 5.41) is 11.0. The third kappa shape index (κ3) is 4.34. The quantitative estimate of drug-likeness (QED) is 0.689. The minimum Gasteiger partial charge on any atom is -0.325 e. The smallest absolute Gasteiger partial charge is 0.234 e. The molecule has 3 rings (SSSR count). The Morgan fingerprint density at radius 1 is 1.13 bits per heavy atom. The molecular weight excluding hydrogens is 332 g/mol. The maximum Gasteiger partial charge on any atom is 0.234 e. The van der Waals surface area contributed by atoms with Gasteiger partial charge in [-0.05, 0) is 36.4 Å². The van der Waals surface area contributed by atoms with E-state index in [-0.39, 0.29) is 11.7 Å². The molecule has 5 nitrogen and oxygen atoms in total. The molecule has 1 amide bonds. The van der Waals surface area contributed by atoms with Crippen LogP contribution in [0.5, 0.6) is 0 Å². The molecule has 1 aromatic heterocycles. The highest BCUT2D eigenvalue weighted by molar-refractivity contribution is 7.99. The lowest BCUT2D eigenvalue weighted by atomic mass is 10.2. The van der Waals surface area contributed by atoms with E-state index in [0.717, 1.165) is 11.3 Å². The maximum absolute atomic E-state index is 11.9. The summed E-state index contributed by atoms with van der Waals surface area (Å²) in [4.78, 5) is 16.3. The van der Waals surface area contributed by atoms with Crippen LogP contribution in [0.1, 0.15) is 0 Å². The molecular formula is C16H13ClN4OS. The number of hydrogen-bond acceptors (Lipinski definition) is 4. The first-order chi connectivity index (χ1) is 11.2. The number of halogens is 1. The minimum absolute atomic E-state index is 0.0981. The van der Waals surface area contributed by atoms with Crippen molar-refractivity contribution < 1.29 is 4.79 Å². The van der Waals surface area contributed by atoms with Crippen molar-refractivity contribution in [3.63, 3.8) is 0 Å². The summed E-state index contributed by atoms with van der Waals surface area (Å²) < 4.78 is 0. The van der Waals surface area contributed by atoms with Gasteiger partial charge in [0, 0.05) is 16.3 Å². The zero-order chi connectivity index (χ0) is 16.1. The Balaban J connectivity index is 1.57. The SMILES string of the molecule is O=C(CSc1n[nH]c(-c2ccc(Cl)cc2)n1)Nc1ccccc1. The molecule has 2 N–H and O–H groups in total. The number of nitrogens with zero attached hydrogens (tertiary/aromatic N) is 2. The van der Waals surface area contributed by atoms with Crippen LogP contribution in [0, 0.1) is 0 Å². The Hall–Kier alpha value is -2.31. The van der Waals surface area contributed by atoms with E-state index < -0.39 is 0 Å². The molecule has 0 aliphatic carbocycles. The monoisotopic (exact) mass is 344 g/mol. The summed E-state index contributed by atoms with van der Waals surface area (Å²) in [6, 6.07) is 16.6. The Morgan fingerprint density at radius 3 is 2.61 bits per heavy atom. The van der Waals surface area contributed by atoms with E-state index in [9.17, 15) is 4.79 Å². The Bertz CT molecular complexity index is 789. The number of aromatic amines is 1. The molecule has 0 aliphatic rings. The van der Waals surface area contributed by atoms with Crippen molar-refractivity contribution in [2.24, 2.45) is 0 Å². The molecule has 0 spiro atoms. The molecule has 116 valence electrons. The van der Waals surface area contributed by atoms with Crippen molar-refractivity contribution >= 4 is 35.0 Å². The summed E-state index contributed by atoms with van der Waals surface area (Å²) in [5.74, 6) is 0.791. The Morgan fingerprint density at radius 2 is 1.87 bits per heavy atom. The van der Waals surface area contributed by atoms with Crippen molar-refractivity contribution in [2.75, 3.05) is 11.1 Å². The van der Waals surface area contributed by atoms with Crippen molar-refractivity contribution in [3.8, 4) is 11.4 Å². The number of anilines is 1. The summed E-state index contributed by atoms with van der Waals surface area (Å²) in [7, 11) is 0. The normalized spacial score (nSPS) is 10.5. The first kappa shape index (κ1) is 15.6. The molecule has 3 aromatic rings. The highest BCUT2D eigenvalue weighted by Gasteiger charge is 2.09. The molecule has 7 heteroatoms. The van der Waals surface area contributed by atoms with Crippen molar-refractivity contribution in [3.05, 3.63) is 59.6 Å². The van der Waals surface area contributed by atoms with Crippen LogP contribution >= 0.6 is 23.4 Å². The lowest BCUT2D eigenvalue weighted by Gasteiger charge is -2.02. The summed E-state index contributed by atoms with van der Waals surface area (Å²) in [6.07, 6.45) is 0. The van der Waals surface area contributed by atoms with Crippen LogP contribution in [0.15, 0.2) is 59.8 Å². The van der Waals surface area contributed by atoms with Crippen LogP contribution in [-0.4, -0.2) is 26.8 Å². The van der Waals surface area contributed by atoms with Crippen molar-refractivity contribution in [1.82, 2.24) is 15.2 Å². The Labute approximate surface area is 142 Å². The second-order valence-corrected chi connectivity index (χ2v) is 6.06. The zero-order valence-corrected chi connectivity index (χ0v) is 13.6. The number of para-hydroxylation sites is 1. The first-order valence-electron chi connectivity index (χ1n) is 6.87. The molecule has 0 saturated carbocycles. The number of hydrogen-bond donors (Lipinski definition) is 2. The number of rotatable bonds is 5. The lowest BCUT2D eigenvalue weighted by Crippen LogP contribution is -2.13. The fraction of sp³-hybridized carbons (Fsp3) is 0.0625. The van der Waals surface area contributed by atoms with Gasteiger partial charge in [0.25, 0.3) is 0 Å². The summed E-state index contributed by atoms with van der Waals surface area (Å²) in [6.45, 7) is 0. The lowest BCUT2D eigenvalue weighted by molar-refractivity contribution is -0.113. The molecule has 0 atom stereocenters. The topological polar surface area (TPSA) is 70.7 Å². The number of H-pyrrole nitrogens is 1. The van der Waals surface area contributed by atoms with Crippen LogP contribution in [-0.2, 0) is 4.79 Å². The third-order valence-electron chi connectivity index (χ3n) is 2.97. The third-order valence-corrected chi connectivity index (χ3v) is 4.07. The minimum atomic E-state index is -0.0981. The number of carbonyl (C=O) groups is 1. The average Bonchev–Trinajstić information content (AvgIpc) is 3.04. The van der Waals surface area contributed by atoms with Crippen LogP contribution in [0.3, 0.4) is 0 Å². The summed E-state index contributed by atoms with van der Waals surface area (Å²) in [5.41, 5.74) is 1.66. The molecule has 1 heterocycles. The van der Waals surface area contributed by atoms with Crippen molar-refractivity contribution in [2.45, 2.75) is 5.16 Å². The largest absolute Gasteiger partial charge is 0.325 e. The Kier molecular flexibility index (Phi) is 4.95. The number of thioether (sulfide) groups is 1. The molecule has 0 fully saturated rings. The van der Waals surface area contributed by atoms with Gasteiger partial charge >= 0.3 is 0 Å². The standard InChI is InChI=1S/C16H13ClN4OS/c17-12-8-6-11(7-9-12)15-19-16(21-20-15)23-10-14(22)18-13-4-2-1-3-5-13/h1-9H,10H2,(H,18,22)(H,19,20,21). The van der Waals surface area contributed by atoms with Gasteiger partial charge in [0.05, 0.1) is 5.75 Å². The summed E-state index contributed by atoms with van der Waals surface area (Å²) >= 11 is 7.14. The van der Waals surface area contributed by atoms with Gasteiger partial charge in [-0.15, -0.1) is 5.10 Å². The molecule has 23 heavy (non-hydrogen) atoms. The molecule has 0 unspecified atom stereocenters. The van der Waals surface area contributed by atoms with Crippen LogP contribution < -0.4 is 5.32 Å². The zero-order valence-electron chi connectivity index (χ0n) is 12.0. The second kappa shape index (κ2) is 7.30. The fourth-order valence-corrected chi connectivity index (χ4v) is 2.62. The van der Waals surface area contributed by atoms with Gasteiger partial charge in [-0.2, -0.15) is 0 Å². The van der Waals surface area contributed by atoms with Gasteiger partial charge in [0.2, 0.25) is 11.1 Å². The molecule has 2 aromatic carbocycles. The van der Waals surface area contributed by atoms with E-state index in [2.05, 4.69) is 20.5 Å². The molecule has 0 saturated heterocycles. The van der Waals surface area contributed by atoms with Gasteiger partial charge in [0.1, 0.15) is 0 Å².